The Hall–Kier alpha value is -3.98. The predicted octanol–water partition coefficient (Wildman–Crippen LogP) is 7.98. The summed E-state index contributed by atoms with van der Waals surface area (Å²) in [6, 6.07) is 20.6. The molecule has 3 aliphatic rings. The Labute approximate surface area is 262 Å². The molecule has 9 heteroatoms. The Morgan fingerprint density at radius 1 is 0.800 bits per heavy atom. The van der Waals surface area contributed by atoms with Crippen molar-refractivity contribution in [3.05, 3.63) is 96.4 Å². The maximum absolute atomic E-state index is 13.2. The van der Waals surface area contributed by atoms with E-state index in [1.165, 1.54) is 50.9 Å². The number of pyridine rings is 1. The first-order valence-corrected chi connectivity index (χ1v) is 16.1. The smallest absolute Gasteiger partial charge is 0.345 e. The maximum Gasteiger partial charge on any atom is 0.416 e. The molecule has 2 aromatic heterocycles. The quantitative estimate of drug-likeness (QED) is 0.201. The van der Waals surface area contributed by atoms with Gasteiger partial charge in [-0.2, -0.15) is 13.2 Å². The molecular weight excluding hydrogens is 573 g/mol. The molecule has 3 fully saturated rings. The summed E-state index contributed by atoms with van der Waals surface area (Å²) < 4.78 is 39.6. The number of aromatic nitrogens is 3. The van der Waals surface area contributed by atoms with Crippen molar-refractivity contribution in [3.8, 4) is 11.3 Å². The van der Waals surface area contributed by atoms with Crippen molar-refractivity contribution in [2.75, 3.05) is 29.9 Å². The molecule has 1 unspecified atom stereocenters. The summed E-state index contributed by atoms with van der Waals surface area (Å²) in [5.74, 6) is 1.98. The van der Waals surface area contributed by atoms with Gasteiger partial charge in [-0.3, -0.25) is 9.88 Å². The van der Waals surface area contributed by atoms with Crippen LogP contribution < -0.4 is 9.80 Å². The highest BCUT2D eigenvalue weighted by atomic mass is 19.4. The molecule has 3 atom stereocenters. The Morgan fingerprint density at radius 2 is 1.44 bits per heavy atom. The van der Waals surface area contributed by atoms with E-state index in [0.29, 0.717) is 41.6 Å². The number of alkyl halides is 3. The Balaban J connectivity index is 1.14. The Morgan fingerprint density at radius 3 is 2.09 bits per heavy atom. The topological polar surface area (TPSA) is 48.4 Å². The number of hydrogen-bond donors (Lipinski definition) is 0. The standard InChI is InChI=1S/C36H39F3N6/c1-43(31-14-17-40-18-15-31)30-12-6-25(7-13-30)22-45(33-20-27-23-44(24-28(27)21-33)32-4-2-3-5-32)35-41-19-16-34(42-35)26-8-10-29(11-9-26)36(37,38)39/h6-19,27-28,32-33H,2-5,20-24H2,1H3/t27-,28+,33?. The molecule has 2 aliphatic carbocycles. The maximum atomic E-state index is 13.2. The van der Waals surface area contributed by atoms with Crippen molar-refractivity contribution in [2.45, 2.75) is 63.3 Å². The lowest BCUT2D eigenvalue weighted by Crippen LogP contribution is -2.37. The molecule has 3 heterocycles. The lowest BCUT2D eigenvalue weighted by atomic mass is 10.0. The lowest BCUT2D eigenvalue weighted by molar-refractivity contribution is -0.137. The van der Waals surface area contributed by atoms with Crippen LogP contribution in [0.15, 0.2) is 85.3 Å². The van der Waals surface area contributed by atoms with E-state index in [2.05, 4.69) is 43.9 Å². The van der Waals surface area contributed by atoms with Crippen LogP contribution in [0.4, 0.5) is 30.5 Å². The lowest BCUT2D eigenvalue weighted by Gasteiger charge is -2.32. The third-order valence-electron chi connectivity index (χ3n) is 10.2. The van der Waals surface area contributed by atoms with Gasteiger partial charge in [0.15, 0.2) is 0 Å². The van der Waals surface area contributed by atoms with E-state index in [-0.39, 0.29) is 0 Å². The van der Waals surface area contributed by atoms with Crippen molar-refractivity contribution in [1.29, 1.82) is 0 Å². The van der Waals surface area contributed by atoms with Crippen molar-refractivity contribution >= 4 is 17.3 Å². The van der Waals surface area contributed by atoms with E-state index in [9.17, 15) is 13.2 Å². The zero-order chi connectivity index (χ0) is 31.0. The van der Waals surface area contributed by atoms with Gasteiger partial charge in [0.2, 0.25) is 5.95 Å². The molecule has 0 spiro atoms. The highest BCUT2D eigenvalue weighted by molar-refractivity contribution is 5.63. The second kappa shape index (κ2) is 12.4. The van der Waals surface area contributed by atoms with Gasteiger partial charge in [-0.1, -0.05) is 37.1 Å². The Bertz CT molecular complexity index is 1560. The number of nitrogens with zero attached hydrogens (tertiary/aromatic N) is 6. The summed E-state index contributed by atoms with van der Waals surface area (Å²) in [5, 5.41) is 0. The van der Waals surface area contributed by atoms with Gasteiger partial charge in [-0.15, -0.1) is 0 Å². The van der Waals surface area contributed by atoms with Crippen LogP contribution in [0.2, 0.25) is 0 Å². The first-order chi connectivity index (χ1) is 21.8. The van der Waals surface area contributed by atoms with E-state index >= 15 is 0 Å². The fraction of sp³-hybridized carbons (Fsp3) is 0.417. The van der Waals surface area contributed by atoms with Crippen LogP contribution in [0, 0.1) is 11.8 Å². The average molecular weight is 613 g/mol. The van der Waals surface area contributed by atoms with Crippen LogP contribution >= 0.6 is 0 Å². The molecule has 2 aromatic carbocycles. The van der Waals surface area contributed by atoms with Crippen LogP contribution in [0.25, 0.3) is 11.3 Å². The van der Waals surface area contributed by atoms with Crippen LogP contribution in [0.3, 0.4) is 0 Å². The van der Waals surface area contributed by atoms with E-state index in [0.717, 1.165) is 48.0 Å². The van der Waals surface area contributed by atoms with Crippen molar-refractivity contribution in [2.24, 2.45) is 11.8 Å². The molecule has 0 N–H and O–H groups in total. The molecule has 6 nitrogen and oxygen atoms in total. The molecule has 1 aliphatic heterocycles. The molecule has 7 rings (SSSR count). The van der Waals surface area contributed by atoms with Gasteiger partial charge in [-0.25, -0.2) is 9.97 Å². The first-order valence-electron chi connectivity index (χ1n) is 16.1. The van der Waals surface area contributed by atoms with E-state index in [1.54, 1.807) is 24.7 Å². The zero-order valence-electron chi connectivity index (χ0n) is 25.6. The van der Waals surface area contributed by atoms with E-state index < -0.39 is 11.7 Å². The van der Waals surface area contributed by atoms with Gasteiger partial charge < -0.3 is 9.80 Å². The normalized spacial score (nSPS) is 22.1. The van der Waals surface area contributed by atoms with Crippen LogP contribution in [0.5, 0.6) is 0 Å². The SMILES string of the molecule is CN(c1ccncc1)c1ccc(CN(c2nccc(-c3ccc(C(F)(F)F)cc3)n2)C2C[C@@H]3CN(C4CCCC4)C[C@@H]3C2)cc1. The van der Waals surface area contributed by atoms with Crippen molar-refractivity contribution in [3.63, 3.8) is 0 Å². The van der Waals surface area contributed by atoms with Crippen LogP contribution in [-0.4, -0.2) is 52.1 Å². The minimum absolute atomic E-state index is 0.299. The third-order valence-corrected chi connectivity index (χ3v) is 10.2. The second-order valence-corrected chi connectivity index (χ2v) is 12.9. The first kappa shape index (κ1) is 29.7. The number of hydrogen-bond acceptors (Lipinski definition) is 6. The largest absolute Gasteiger partial charge is 0.416 e. The molecule has 4 aromatic rings. The zero-order valence-corrected chi connectivity index (χ0v) is 25.6. The van der Waals surface area contributed by atoms with Gasteiger partial charge in [0.25, 0.3) is 0 Å². The summed E-state index contributed by atoms with van der Waals surface area (Å²) in [6.45, 7) is 3.02. The minimum atomic E-state index is -4.37. The van der Waals surface area contributed by atoms with Gasteiger partial charge in [0.05, 0.1) is 11.3 Å². The molecule has 234 valence electrons. The van der Waals surface area contributed by atoms with Gasteiger partial charge in [-0.05, 0) is 85.5 Å². The summed E-state index contributed by atoms with van der Waals surface area (Å²) in [7, 11) is 2.05. The fourth-order valence-electron chi connectivity index (χ4n) is 7.71. The molecule has 0 bridgehead atoms. The van der Waals surface area contributed by atoms with Crippen LogP contribution in [0.1, 0.15) is 49.7 Å². The monoisotopic (exact) mass is 612 g/mol. The molecular formula is C36H39F3N6. The van der Waals surface area contributed by atoms with Gasteiger partial charge >= 0.3 is 6.18 Å². The van der Waals surface area contributed by atoms with E-state index in [1.807, 2.05) is 19.2 Å². The summed E-state index contributed by atoms with van der Waals surface area (Å²) in [4.78, 5) is 21.0. The minimum Gasteiger partial charge on any atom is -0.345 e. The summed E-state index contributed by atoms with van der Waals surface area (Å²) in [5.41, 5.74) is 3.92. The average Bonchev–Trinajstić information content (AvgIpc) is 3.82. The van der Waals surface area contributed by atoms with Crippen molar-refractivity contribution < 1.29 is 13.2 Å². The predicted molar refractivity (Wildman–Crippen MR) is 171 cm³/mol. The molecule has 1 saturated heterocycles. The highest BCUT2D eigenvalue weighted by Crippen LogP contribution is 2.43. The van der Waals surface area contributed by atoms with E-state index in [4.69, 9.17) is 9.97 Å². The third kappa shape index (κ3) is 6.41. The summed E-state index contributed by atoms with van der Waals surface area (Å²) >= 11 is 0. The number of rotatable bonds is 8. The number of fused-ring (bicyclic) bond motifs is 1. The molecule has 0 amide bonds. The number of likely N-dealkylation sites (tertiary alicyclic amines) is 1. The fourth-order valence-corrected chi connectivity index (χ4v) is 7.71. The van der Waals surface area contributed by atoms with Crippen LogP contribution in [-0.2, 0) is 12.7 Å². The summed E-state index contributed by atoms with van der Waals surface area (Å²) in [6.07, 6.45) is 8.54. The van der Waals surface area contributed by atoms with Gasteiger partial charge in [0, 0.05) is 74.3 Å². The van der Waals surface area contributed by atoms with Crippen molar-refractivity contribution in [1.82, 2.24) is 19.9 Å². The Kier molecular flexibility index (Phi) is 8.21. The van der Waals surface area contributed by atoms with Gasteiger partial charge in [0.1, 0.15) is 0 Å². The highest BCUT2D eigenvalue weighted by Gasteiger charge is 2.45. The number of anilines is 3. The number of halogens is 3. The molecule has 0 radical (unpaired) electrons. The number of benzene rings is 2. The second-order valence-electron chi connectivity index (χ2n) is 12.9. The molecule has 45 heavy (non-hydrogen) atoms. The molecule has 2 saturated carbocycles.